The molecule has 0 saturated heterocycles. The number of para-hydroxylation sites is 1. The maximum atomic E-state index is 11.6. The average molecular weight is 206 g/mol. The lowest BCUT2D eigenvalue weighted by Crippen LogP contribution is -2.26. The Morgan fingerprint density at radius 2 is 2.07 bits per heavy atom. The van der Waals surface area contributed by atoms with Crippen LogP contribution in [0.3, 0.4) is 0 Å². The molecule has 0 aliphatic heterocycles. The molecule has 0 atom stereocenters. The lowest BCUT2D eigenvalue weighted by Gasteiger charge is -2.03. The molecule has 1 saturated carbocycles. The fourth-order valence-corrected chi connectivity index (χ4v) is 1.32. The molecule has 1 aliphatic rings. The van der Waals surface area contributed by atoms with Crippen molar-refractivity contribution in [3.8, 4) is 0 Å². The molecule has 5 heteroatoms. The van der Waals surface area contributed by atoms with Crippen LogP contribution in [0.15, 0.2) is 24.3 Å². The number of nitrogens with one attached hydrogen (secondary N) is 1. The fourth-order valence-electron chi connectivity index (χ4n) is 1.32. The van der Waals surface area contributed by atoms with Crippen molar-refractivity contribution in [3.05, 3.63) is 39.9 Å². The Morgan fingerprint density at radius 3 is 2.67 bits per heavy atom. The van der Waals surface area contributed by atoms with Crippen molar-refractivity contribution in [3.63, 3.8) is 0 Å². The first kappa shape index (κ1) is 9.64. The van der Waals surface area contributed by atoms with Crippen LogP contribution in [-0.2, 0) is 0 Å². The number of nitro benzene ring substituents is 1. The third kappa shape index (κ3) is 2.12. The number of carbonyl (C=O) groups is 1. The van der Waals surface area contributed by atoms with E-state index < -0.39 is 4.92 Å². The highest BCUT2D eigenvalue weighted by molar-refractivity contribution is 5.98. The van der Waals surface area contributed by atoms with E-state index in [-0.39, 0.29) is 23.2 Å². The van der Waals surface area contributed by atoms with Crippen LogP contribution in [0.25, 0.3) is 0 Å². The van der Waals surface area contributed by atoms with E-state index >= 15 is 0 Å². The van der Waals surface area contributed by atoms with Gasteiger partial charge in [0.25, 0.3) is 11.6 Å². The Kier molecular flexibility index (Phi) is 2.37. The van der Waals surface area contributed by atoms with Crippen LogP contribution in [0.5, 0.6) is 0 Å². The zero-order valence-corrected chi connectivity index (χ0v) is 7.97. The maximum absolute atomic E-state index is 11.6. The number of rotatable bonds is 3. The number of hydrogen-bond donors (Lipinski definition) is 1. The van der Waals surface area contributed by atoms with Crippen LogP contribution in [0.4, 0.5) is 5.69 Å². The van der Waals surface area contributed by atoms with Crippen molar-refractivity contribution < 1.29 is 9.72 Å². The van der Waals surface area contributed by atoms with E-state index in [9.17, 15) is 14.9 Å². The van der Waals surface area contributed by atoms with Crippen LogP contribution in [0.1, 0.15) is 23.2 Å². The Balaban J connectivity index is 2.24. The van der Waals surface area contributed by atoms with E-state index in [0.29, 0.717) is 0 Å². The van der Waals surface area contributed by atoms with E-state index in [1.54, 1.807) is 12.1 Å². The Labute approximate surface area is 86.2 Å². The molecule has 2 rings (SSSR count). The molecule has 1 aromatic carbocycles. The molecule has 0 aromatic heterocycles. The smallest absolute Gasteiger partial charge is 0.282 e. The second kappa shape index (κ2) is 3.68. The first-order chi connectivity index (χ1) is 7.18. The van der Waals surface area contributed by atoms with Crippen LogP contribution < -0.4 is 5.32 Å². The minimum Gasteiger partial charge on any atom is -0.349 e. The van der Waals surface area contributed by atoms with Gasteiger partial charge < -0.3 is 5.32 Å². The van der Waals surface area contributed by atoms with Crippen molar-refractivity contribution in [2.75, 3.05) is 0 Å². The second-order valence-corrected chi connectivity index (χ2v) is 3.52. The molecule has 1 aromatic rings. The van der Waals surface area contributed by atoms with Gasteiger partial charge in [-0.3, -0.25) is 14.9 Å². The summed E-state index contributed by atoms with van der Waals surface area (Å²) in [6, 6.07) is 6.18. The largest absolute Gasteiger partial charge is 0.349 e. The van der Waals surface area contributed by atoms with Gasteiger partial charge in [0.05, 0.1) is 4.92 Å². The van der Waals surface area contributed by atoms with Crippen LogP contribution in [0.2, 0.25) is 0 Å². The van der Waals surface area contributed by atoms with Crippen LogP contribution >= 0.6 is 0 Å². The van der Waals surface area contributed by atoms with Gasteiger partial charge >= 0.3 is 0 Å². The molecule has 15 heavy (non-hydrogen) atoms. The topological polar surface area (TPSA) is 72.2 Å². The monoisotopic (exact) mass is 206 g/mol. The number of amides is 1. The highest BCUT2D eigenvalue weighted by Crippen LogP contribution is 2.22. The van der Waals surface area contributed by atoms with Crippen molar-refractivity contribution in [1.82, 2.24) is 5.32 Å². The number of nitrogens with zero attached hydrogens (tertiary/aromatic N) is 1. The van der Waals surface area contributed by atoms with Gasteiger partial charge in [-0.25, -0.2) is 0 Å². The molecule has 78 valence electrons. The first-order valence-electron chi connectivity index (χ1n) is 4.73. The summed E-state index contributed by atoms with van der Waals surface area (Å²) in [5.74, 6) is -0.357. The molecule has 1 amide bonds. The molecule has 5 nitrogen and oxygen atoms in total. The second-order valence-electron chi connectivity index (χ2n) is 3.52. The maximum Gasteiger partial charge on any atom is 0.282 e. The average Bonchev–Trinajstić information content (AvgIpc) is 3.01. The number of nitro groups is 1. The normalized spacial score (nSPS) is 14.7. The van der Waals surface area contributed by atoms with Gasteiger partial charge in [-0.15, -0.1) is 0 Å². The minimum atomic E-state index is -0.540. The number of hydrogen-bond acceptors (Lipinski definition) is 3. The highest BCUT2D eigenvalue weighted by Gasteiger charge is 2.26. The van der Waals surface area contributed by atoms with Crippen molar-refractivity contribution >= 4 is 11.6 Å². The van der Waals surface area contributed by atoms with E-state index in [1.807, 2.05) is 0 Å². The highest BCUT2D eigenvalue weighted by atomic mass is 16.6. The molecule has 0 radical (unpaired) electrons. The van der Waals surface area contributed by atoms with Gasteiger partial charge in [-0.1, -0.05) is 12.1 Å². The van der Waals surface area contributed by atoms with E-state index in [4.69, 9.17) is 0 Å². The van der Waals surface area contributed by atoms with Crippen molar-refractivity contribution in [1.29, 1.82) is 0 Å². The summed E-state index contributed by atoms with van der Waals surface area (Å²) in [4.78, 5) is 21.7. The summed E-state index contributed by atoms with van der Waals surface area (Å²) in [6.07, 6.45) is 1.93. The predicted molar refractivity (Wildman–Crippen MR) is 53.6 cm³/mol. The molecule has 1 N–H and O–H groups in total. The quantitative estimate of drug-likeness (QED) is 0.601. The van der Waals surface area contributed by atoms with Crippen molar-refractivity contribution in [2.24, 2.45) is 0 Å². The Hall–Kier alpha value is -1.91. The zero-order valence-electron chi connectivity index (χ0n) is 7.97. The van der Waals surface area contributed by atoms with Gasteiger partial charge in [-0.05, 0) is 18.9 Å². The van der Waals surface area contributed by atoms with E-state index in [2.05, 4.69) is 5.32 Å². The van der Waals surface area contributed by atoms with Crippen molar-refractivity contribution in [2.45, 2.75) is 18.9 Å². The van der Waals surface area contributed by atoms with E-state index in [0.717, 1.165) is 12.8 Å². The fraction of sp³-hybridized carbons (Fsp3) is 0.300. The van der Waals surface area contributed by atoms with Gasteiger partial charge in [0.1, 0.15) is 5.56 Å². The summed E-state index contributed by atoms with van der Waals surface area (Å²) < 4.78 is 0. The summed E-state index contributed by atoms with van der Waals surface area (Å²) >= 11 is 0. The third-order valence-corrected chi connectivity index (χ3v) is 2.26. The number of benzene rings is 1. The standard InChI is InChI=1S/C10H10N2O3/c13-10(11-7-5-6-7)8-3-1-2-4-9(8)12(14)15/h1-4,7H,5-6H2,(H,11,13). The van der Waals surface area contributed by atoms with Gasteiger partial charge in [0, 0.05) is 12.1 Å². The molecular weight excluding hydrogens is 196 g/mol. The van der Waals surface area contributed by atoms with Crippen LogP contribution in [0, 0.1) is 10.1 Å². The minimum absolute atomic E-state index is 0.134. The summed E-state index contributed by atoms with van der Waals surface area (Å²) in [6.45, 7) is 0. The summed E-state index contributed by atoms with van der Waals surface area (Å²) in [5.41, 5.74) is -0.00921. The van der Waals surface area contributed by atoms with E-state index in [1.165, 1.54) is 12.1 Å². The Morgan fingerprint density at radius 1 is 1.40 bits per heavy atom. The zero-order chi connectivity index (χ0) is 10.8. The van der Waals surface area contributed by atoms with Gasteiger partial charge in [0.2, 0.25) is 0 Å². The molecule has 0 spiro atoms. The van der Waals surface area contributed by atoms with Crippen LogP contribution in [-0.4, -0.2) is 16.9 Å². The molecule has 0 unspecified atom stereocenters. The molecule has 1 fully saturated rings. The summed E-state index contributed by atoms with van der Waals surface area (Å²) in [5, 5.41) is 13.4. The SMILES string of the molecule is O=C(NC1CC1)c1ccccc1[N+](=O)[O-]. The molecular formula is C10H10N2O3. The lowest BCUT2D eigenvalue weighted by atomic mass is 10.1. The van der Waals surface area contributed by atoms with Gasteiger partial charge in [-0.2, -0.15) is 0 Å². The number of carbonyl (C=O) groups excluding carboxylic acids is 1. The molecule has 0 heterocycles. The molecule has 1 aliphatic carbocycles. The lowest BCUT2D eigenvalue weighted by molar-refractivity contribution is -0.385. The van der Waals surface area contributed by atoms with Gasteiger partial charge in [0.15, 0.2) is 0 Å². The first-order valence-corrected chi connectivity index (χ1v) is 4.73. The molecule has 0 bridgehead atoms. The summed E-state index contributed by atoms with van der Waals surface area (Å²) in [7, 11) is 0. The predicted octanol–water partition coefficient (Wildman–Crippen LogP) is 1.49. The Bertz CT molecular complexity index is 413. The third-order valence-electron chi connectivity index (χ3n) is 2.26.